The molecule has 0 radical (unpaired) electrons. The number of aromatic nitrogens is 2. The third-order valence-electron chi connectivity index (χ3n) is 5.36. The van der Waals surface area contributed by atoms with E-state index >= 15 is 4.39 Å². The number of rotatable bonds is 6. The number of hydrogen-bond acceptors (Lipinski definition) is 6. The average molecular weight is 452 g/mol. The van der Waals surface area contributed by atoms with Crippen LogP contribution in [0.5, 0.6) is 6.01 Å². The summed E-state index contributed by atoms with van der Waals surface area (Å²) in [6.07, 6.45) is 0.900. The Kier molecular flexibility index (Phi) is 7.32. The molecule has 1 aromatic carbocycles. The summed E-state index contributed by atoms with van der Waals surface area (Å²) in [5, 5.41) is 3.36. The summed E-state index contributed by atoms with van der Waals surface area (Å²) in [6, 6.07) is 2.23. The number of ether oxygens (including phenoxy) is 2. The highest BCUT2D eigenvalue weighted by molar-refractivity contribution is 6.74. The summed E-state index contributed by atoms with van der Waals surface area (Å²) in [7, 11) is -0.732. The van der Waals surface area contributed by atoms with E-state index in [0.29, 0.717) is 10.9 Å². The Labute approximate surface area is 184 Å². The molecule has 172 valence electrons. The molecule has 1 atom stereocenters. The van der Waals surface area contributed by atoms with Gasteiger partial charge in [-0.05, 0) is 51.0 Å². The molecule has 0 spiro atoms. The van der Waals surface area contributed by atoms with Gasteiger partial charge in [0.15, 0.2) is 8.32 Å². The molecular formula is C22H34FN3O4Si. The van der Waals surface area contributed by atoms with Gasteiger partial charge in [0, 0.05) is 17.1 Å². The lowest BCUT2D eigenvalue weighted by atomic mass is 10.0. The van der Waals surface area contributed by atoms with Crippen LogP contribution in [-0.2, 0) is 9.16 Å². The molecule has 7 nitrogen and oxygen atoms in total. The maximum Gasteiger partial charge on any atom is 0.408 e. The van der Waals surface area contributed by atoms with E-state index in [2.05, 4.69) is 49.1 Å². The molecule has 1 heterocycles. The monoisotopic (exact) mass is 451 g/mol. The van der Waals surface area contributed by atoms with Crippen molar-refractivity contribution in [3.63, 3.8) is 0 Å². The Morgan fingerprint density at radius 1 is 1.19 bits per heavy atom. The van der Waals surface area contributed by atoms with Gasteiger partial charge in [0.25, 0.3) is 0 Å². The van der Waals surface area contributed by atoms with Gasteiger partial charge in [0.05, 0.1) is 25.3 Å². The topological polar surface area (TPSA) is 82.6 Å². The fraction of sp³-hybridized carbons (Fsp3) is 0.591. The second-order valence-corrected chi connectivity index (χ2v) is 14.8. The Morgan fingerprint density at radius 3 is 2.39 bits per heavy atom. The maximum absolute atomic E-state index is 15.1. The van der Waals surface area contributed by atoms with Crippen molar-refractivity contribution in [2.75, 3.05) is 13.7 Å². The minimum atomic E-state index is -2.17. The van der Waals surface area contributed by atoms with Crippen molar-refractivity contribution in [2.45, 2.75) is 71.3 Å². The number of fused-ring (bicyclic) bond motifs is 1. The first kappa shape index (κ1) is 25.0. The van der Waals surface area contributed by atoms with E-state index < -0.39 is 31.9 Å². The van der Waals surface area contributed by atoms with Gasteiger partial charge >= 0.3 is 12.1 Å². The van der Waals surface area contributed by atoms with Crippen molar-refractivity contribution < 1.29 is 23.1 Å². The molecule has 2 aromatic rings. The molecule has 9 heteroatoms. The molecule has 0 saturated heterocycles. The summed E-state index contributed by atoms with van der Waals surface area (Å²) in [5.74, 6) is -0.506. The lowest BCUT2D eigenvalue weighted by Crippen LogP contribution is -2.44. The van der Waals surface area contributed by atoms with Gasteiger partial charge in [-0.25, -0.2) is 14.2 Å². The highest BCUT2D eigenvalue weighted by Crippen LogP contribution is 2.37. The smallest absolute Gasteiger partial charge is 0.408 e. The highest BCUT2D eigenvalue weighted by Gasteiger charge is 2.38. The van der Waals surface area contributed by atoms with Crippen molar-refractivity contribution in [1.29, 1.82) is 0 Å². The lowest BCUT2D eigenvalue weighted by Gasteiger charge is -2.37. The van der Waals surface area contributed by atoms with Crippen molar-refractivity contribution in [2.24, 2.45) is 0 Å². The van der Waals surface area contributed by atoms with Gasteiger partial charge in [0.1, 0.15) is 11.4 Å². The van der Waals surface area contributed by atoms with Crippen LogP contribution in [0.1, 0.15) is 53.1 Å². The molecule has 31 heavy (non-hydrogen) atoms. The van der Waals surface area contributed by atoms with Crippen LogP contribution in [0.2, 0.25) is 18.1 Å². The molecule has 0 fully saturated rings. The van der Waals surface area contributed by atoms with Crippen LogP contribution in [0.4, 0.5) is 9.18 Å². The predicted octanol–water partition coefficient (Wildman–Crippen LogP) is 5.37. The maximum atomic E-state index is 15.1. The van der Waals surface area contributed by atoms with Crippen LogP contribution in [0.25, 0.3) is 10.9 Å². The molecule has 0 aliphatic carbocycles. The number of methoxy groups -OCH3 is 1. The molecule has 0 aliphatic rings. The normalized spacial score (nSPS) is 13.7. The zero-order chi connectivity index (χ0) is 23.6. The predicted molar refractivity (Wildman–Crippen MR) is 121 cm³/mol. The minimum Gasteiger partial charge on any atom is -0.467 e. The van der Waals surface area contributed by atoms with Gasteiger partial charge in [0.2, 0.25) is 0 Å². The number of nitrogens with one attached hydrogen (secondary N) is 1. The number of amides is 1. The van der Waals surface area contributed by atoms with E-state index in [1.165, 1.54) is 13.2 Å². The standard InChI is InChI=1S/C22H34FN3O4Si/c1-21(2,3)30-20(27)25-16(13-29-31(8,9)22(4,5)6)17-15(23)11-10-14-12-24-19(28-7)26-18(14)17/h10-12,16H,13H2,1-9H3,(H,25,27)/t16-/m1/s1. The largest absolute Gasteiger partial charge is 0.467 e. The fourth-order valence-corrected chi connectivity index (χ4v) is 3.68. The van der Waals surface area contributed by atoms with E-state index in [1.807, 2.05) is 0 Å². The Balaban J connectivity index is 2.51. The number of carbonyl (C=O) groups excluding carboxylic acids is 1. The number of benzene rings is 1. The fourth-order valence-electron chi connectivity index (χ4n) is 2.66. The van der Waals surface area contributed by atoms with Crippen LogP contribution >= 0.6 is 0 Å². The van der Waals surface area contributed by atoms with Crippen LogP contribution < -0.4 is 10.1 Å². The molecule has 0 aliphatic heterocycles. The van der Waals surface area contributed by atoms with Crippen molar-refractivity contribution in [1.82, 2.24) is 15.3 Å². The van der Waals surface area contributed by atoms with E-state index in [1.54, 1.807) is 33.0 Å². The zero-order valence-electron chi connectivity index (χ0n) is 19.9. The molecule has 1 N–H and O–H groups in total. The Bertz CT molecular complexity index is 939. The molecule has 1 amide bonds. The SMILES string of the molecule is COc1ncc2ccc(F)c([C@@H](CO[Si](C)(C)C(C)(C)C)NC(=O)OC(C)(C)C)c2n1. The van der Waals surface area contributed by atoms with Crippen molar-refractivity contribution in [3.05, 3.63) is 29.7 Å². The summed E-state index contributed by atoms with van der Waals surface area (Å²) < 4.78 is 32.0. The second kappa shape index (κ2) is 9.08. The minimum absolute atomic E-state index is 0.0494. The first-order valence-corrected chi connectivity index (χ1v) is 13.2. The number of halogens is 1. The second-order valence-electron chi connectivity index (χ2n) is 10.0. The molecule has 2 rings (SSSR count). The van der Waals surface area contributed by atoms with E-state index in [0.717, 1.165) is 0 Å². The van der Waals surface area contributed by atoms with E-state index in [4.69, 9.17) is 13.9 Å². The van der Waals surface area contributed by atoms with Crippen LogP contribution in [0, 0.1) is 5.82 Å². The van der Waals surface area contributed by atoms with Crippen LogP contribution in [0.15, 0.2) is 18.3 Å². The summed E-state index contributed by atoms with van der Waals surface area (Å²) in [6.45, 7) is 15.9. The molecule has 1 aromatic heterocycles. The van der Waals surface area contributed by atoms with Crippen LogP contribution in [0.3, 0.4) is 0 Å². The first-order chi connectivity index (χ1) is 14.1. The molecule has 0 bridgehead atoms. The number of alkyl carbamates (subject to hydrolysis) is 1. The van der Waals surface area contributed by atoms with Gasteiger partial charge in [-0.2, -0.15) is 4.98 Å². The van der Waals surface area contributed by atoms with Gasteiger partial charge < -0.3 is 19.2 Å². The van der Waals surface area contributed by atoms with Gasteiger partial charge in [-0.15, -0.1) is 0 Å². The van der Waals surface area contributed by atoms with Crippen molar-refractivity contribution in [3.8, 4) is 6.01 Å². The van der Waals surface area contributed by atoms with Gasteiger partial charge in [-0.1, -0.05) is 20.8 Å². The molecule has 0 saturated carbocycles. The third kappa shape index (κ3) is 6.36. The quantitative estimate of drug-likeness (QED) is 0.595. The number of hydrogen-bond donors (Lipinski definition) is 1. The summed E-state index contributed by atoms with van der Waals surface area (Å²) >= 11 is 0. The molecular weight excluding hydrogens is 417 g/mol. The first-order valence-electron chi connectivity index (χ1n) is 10.3. The molecule has 0 unspecified atom stereocenters. The summed E-state index contributed by atoms with van der Waals surface area (Å²) in [4.78, 5) is 21.0. The zero-order valence-corrected chi connectivity index (χ0v) is 20.9. The average Bonchev–Trinajstić information content (AvgIpc) is 2.62. The number of nitrogens with zero attached hydrogens (tertiary/aromatic N) is 2. The Morgan fingerprint density at radius 2 is 1.84 bits per heavy atom. The summed E-state index contributed by atoms with van der Waals surface area (Å²) in [5.41, 5.74) is -0.132. The Hall–Kier alpha value is -2.26. The van der Waals surface area contributed by atoms with E-state index in [-0.39, 0.29) is 23.2 Å². The lowest BCUT2D eigenvalue weighted by molar-refractivity contribution is 0.0483. The van der Waals surface area contributed by atoms with Gasteiger partial charge in [-0.3, -0.25) is 0 Å². The van der Waals surface area contributed by atoms with Crippen molar-refractivity contribution >= 4 is 25.3 Å². The number of carbonyl (C=O) groups is 1. The third-order valence-corrected chi connectivity index (χ3v) is 9.86. The van der Waals surface area contributed by atoms with E-state index in [9.17, 15) is 4.79 Å². The van der Waals surface area contributed by atoms with Crippen LogP contribution in [-0.4, -0.2) is 43.7 Å². The highest BCUT2D eigenvalue weighted by atomic mass is 28.4.